The summed E-state index contributed by atoms with van der Waals surface area (Å²) in [5.41, 5.74) is -0.703. The van der Waals surface area contributed by atoms with Crippen LogP contribution in [0.25, 0.3) is 0 Å². The number of amides is 2. The lowest BCUT2D eigenvalue weighted by atomic mass is 9.68. The topological polar surface area (TPSA) is 113 Å². The molecule has 3 saturated heterocycles. The fraction of sp³-hybridized carbons (Fsp3) is 0.621. The summed E-state index contributed by atoms with van der Waals surface area (Å²) in [6, 6.07) is 1.72. The van der Waals surface area contributed by atoms with Crippen LogP contribution in [0.3, 0.4) is 0 Å². The van der Waals surface area contributed by atoms with Crippen molar-refractivity contribution in [2.45, 2.75) is 68.5 Å². The molecule has 0 saturated carbocycles. The van der Waals surface area contributed by atoms with Crippen molar-refractivity contribution < 1.29 is 19.1 Å². The van der Waals surface area contributed by atoms with Gasteiger partial charge in [-0.1, -0.05) is 23.4 Å². The number of alkyl carbamates (subject to hydrolysis) is 1. The van der Waals surface area contributed by atoms with Gasteiger partial charge < -0.3 is 29.5 Å². The van der Waals surface area contributed by atoms with Crippen LogP contribution in [0.4, 0.5) is 16.4 Å². The quantitative estimate of drug-likeness (QED) is 0.522. The highest BCUT2D eigenvalue weighted by atomic mass is 35.5. The number of ether oxygens (including phenoxy) is 2. The second kappa shape index (κ2) is 12.8. The fourth-order valence-corrected chi connectivity index (χ4v) is 6.97. The predicted octanol–water partition coefficient (Wildman–Crippen LogP) is 4.24. The summed E-state index contributed by atoms with van der Waals surface area (Å²) in [6.45, 7) is 12.7. The lowest BCUT2D eigenvalue weighted by Gasteiger charge is -2.51. The molecular weight excluding hydrogens is 578 g/mol. The van der Waals surface area contributed by atoms with Crippen LogP contribution < -0.4 is 15.1 Å². The molecule has 11 nitrogen and oxygen atoms in total. The Hall–Kier alpha value is -2.83. The summed E-state index contributed by atoms with van der Waals surface area (Å²) in [4.78, 5) is 45.9. The Morgan fingerprint density at radius 3 is 2.40 bits per heavy atom. The van der Waals surface area contributed by atoms with Gasteiger partial charge in [0.1, 0.15) is 22.3 Å². The van der Waals surface area contributed by atoms with Crippen molar-refractivity contribution in [1.82, 2.24) is 25.2 Å². The van der Waals surface area contributed by atoms with E-state index >= 15 is 0 Å². The van der Waals surface area contributed by atoms with E-state index in [9.17, 15) is 9.59 Å². The number of piperidine rings is 2. The number of morpholine rings is 1. The molecule has 228 valence electrons. The molecule has 0 aromatic carbocycles. The van der Waals surface area contributed by atoms with Gasteiger partial charge in [-0.3, -0.25) is 4.79 Å². The third-order valence-electron chi connectivity index (χ3n) is 8.22. The predicted molar refractivity (Wildman–Crippen MR) is 162 cm³/mol. The number of hydrogen-bond acceptors (Lipinski definition) is 10. The first-order valence-electron chi connectivity index (χ1n) is 14.5. The van der Waals surface area contributed by atoms with Gasteiger partial charge in [0.25, 0.3) is 0 Å². The molecule has 42 heavy (non-hydrogen) atoms. The summed E-state index contributed by atoms with van der Waals surface area (Å²) in [6.07, 6.45) is 7.51. The van der Waals surface area contributed by atoms with E-state index in [0.29, 0.717) is 31.3 Å². The first-order chi connectivity index (χ1) is 20.0. The molecule has 1 atom stereocenters. The molecule has 13 heteroatoms. The van der Waals surface area contributed by atoms with Gasteiger partial charge in [0.15, 0.2) is 0 Å². The lowest BCUT2D eigenvalue weighted by molar-refractivity contribution is -0.132. The van der Waals surface area contributed by atoms with E-state index in [4.69, 9.17) is 26.1 Å². The SMILES string of the molecule is CC(=O)N1CCC2(CCN(c3cnc(Sc4ccnc(N5CCOCC5)c4Cl)cn3)CC2)C(NC(=O)OC(C)(C)C)C1. The number of carbonyl (C=O) groups is 2. The van der Waals surface area contributed by atoms with Gasteiger partial charge >= 0.3 is 6.09 Å². The van der Waals surface area contributed by atoms with E-state index in [1.807, 2.05) is 37.9 Å². The number of halogens is 1. The number of nitrogens with one attached hydrogen (secondary N) is 1. The minimum atomic E-state index is -0.591. The van der Waals surface area contributed by atoms with Crippen LogP contribution in [-0.2, 0) is 14.3 Å². The molecule has 2 aromatic rings. The molecule has 1 unspecified atom stereocenters. The third-order valence-corrected chi connectivity index (χ3v) is 9.68. The third kappa shape index (κ3) is 7.20. The van der Waals surface area contributed by atoms with Gasteiger partial charge in [-0.05, 0) is 51.5 Å². The first kappa shape index (κ1) is 30.6. The number of anilines is 2. The average molecular weight is 618 g/mol. The summed E-state index contributed by atoms with van der Waals surface area (Å²) in [7, 11) is 0. The van der Waals surface area contributed by atoms with Gasteiger partial charge in [0.2, 0.25) is 5.91 Å². The molecule has 3 aliphatic heterocycles. The van der Waals surface area contributed by atoms with Crippen molar-refractivity contribution in [3.05, 3.63) is 29.7 Å². The summed E-state index contributed by atoms with van der Waals surface area (Å²) in [5, 5.41) is 4.48. The lowest BCUT2D eigenvalue weighted by Crippen LogP contribution is -2.62. The fourth-order valence-electron chi connectivity index (χ4n) is 5.88. The van der Waals surface area contributed by atoms with Crippen molar-refractivity contribution >= 4 is 47.0 Å². The van der Waals surface area contributed by atoms with Gasteiger partial charge in [-0.15, -0.1) is 0 Å². The van der Waals surface area contributed by atoms with Gasteiger partial charge in [0, 0.05) is 57.3 Å². The molecule has 1 spiro atoms. The Morgan fingerprint density at radius 1 is 1.05 bits per heavy atom. The minimum Gasteiger partial charge on any atom is -0.444 e. The standard InChI is InChI=1S/C29H40ClN7O4S/c1-20(38)37-12-8-29(22(19-37)34-27(39)41-28(2,3)4)6-10-35(11-7-29)23-17-33-24(18-32-23)42-21-5-9-31-26(25(21)30)36-13-15-40-16-14-36/h5,9,17-18,22H,6-8,10-16,19H2,1-4H3,(H,34,39). The van der Waals surface area contributed by atoms with Crippen LogP contribution in [0.15, 0.2) is 34.6 Å². The van der Waals surface area contributed by atoms with Crippen molar-refractivity contribution in [3.8, 4) is 0 Å². The van der Waals surface area contributed by atoms with E-state index < -0.39 is 11.7 Å². The molecule has 1 N–H and O–H groups in total. The number of hydrogen-bond donors (Lipinski definition) is 1. The smallest absolute Gasteiger partial charge is 0.407 e. The number of likely N-dealkylation sites (tertiary alicyclic amines) is 1. The van der Waals surface area contributed by atoms with Crippen LogP contribution in [0.2, 0.25) is 5.02 Å². The Balaban J connectivity index is 1.22. The van der Waals surface area contributed by atoms with E-state index in [1.54, 1.807) is 19.3 Å². The first-order valence-corrected chi connectivity index (χ1v) is 15.7. The van der Waals surface area contributed by atoms with Gasteiger partial charge in [0.05, 0.1) is 36.7 Å². The minimum absolute atomic E-state index is 0.0249. The highest BCUT2D eigenvalue weighted by molar-refractivity contribution is 7.99. The number of aromatic nitrogens is 3. The zero-order valence-electron chi connectivity index (χ0n) is 24.8. The van der Waals surface area contributed by atoms with Crippen molar-refractivity contribution in [2.75, 3.05) is 62.3 Å². The highest BCUT2D eigenvalue weighted by Gasteiger charge is 2.46. The molecule has 2 amide bonds. The number of carbonyl (C=O) groups excluding carboxylic acids is 2. The van der Waals surface area contributed by atoms with E-state index in [1.165, 1.54) is 11.8 Å². The summed E-state index contributed by atoms with van der Waals surface area (Å²) < 4.78 is 11.0. The monoisotopic (exact) mass is 617 g/mol. The molecule has 0 aliphatic carbocycles. The van der Waals surface area contributed by atoms with Crippen molar-refractivity contribution in [3.63, 3.8) is 0 Å². The molecule has 0 radical (unpaired) electrons. The normalized spacial score (nSPS) is 20.9. The Kier molecular flexibility index (Phi) is 9.34. The van der Waals surface area contributed by atoms with E-state index in [0.717, 1.165) is 67.0 Å². The zero-order chi connectivity index (χ0) is 29.9. The Morgan fingerprint density at radius 2 is 1.76 bits per heavy atom. The maximum Gasteiger partial charge on any atom is 0.407 e. The second-order valence-corrected chi connectivity index (χ2v) is 13.6. The molecule has 0 bridgehead atoms. The van der Waals surface area contributed by atoms with Crippen molar-refractivity contribution in [1.29, 1.82) is 0 Å². The average Bonchev–Trinajstić information content (AvgIpc) is 2.96. The molecule has 3 aliphatic rings. The number of nitrogens with zero attached hydrogens (tertiary/aromatic N) is 6. The molecule has 5 rings (SSSR count). The highest BCUT2D eigenvalue weighted by Crippen LogP contribution is 2.43. The van der Waals surface area contributed by atoms with Crippen LogP contribution in [0, 0.1) is 5.41 Å². The Bertz CT molecular complexity index is 1260. The summed E-state index contributed by atoms with van der Waals surface area (Å²) in [5.74, 6) is 1.61. The zero-order valence-corrected chi connectivity index (χ0v) is 26.3. The van der Waals surface area contributed by atoms with Crippen LogP contribution in [-0.4, -0.2) is 96.0 Å². The van der Waals surface area contributed by atoms with Gasteiger partial charge in [-0.25, -0.2) is 19.7 Å². The number of pyridine rings is 1. The number of rotatable bonds is 5. The van der Waals surface area contributed by atoms with Gasteiger partial charge in [-0.2, -0.15) is 0 Å². The molecular formula is C29H40ClN7O4S. The molecule has 2 aromatic heterocycles. The van der Waals surface area contributed by atoms with E-state index in [-0.39, 0.29) is 17.4 Å². The molecule has 5 heterocycles. The van der Waals surface area contributed by atoms with Crippen LogP contribution in [0.5, 0.6) is 0 Å². The van der Waals surface area contributed by atoms with Crippen molar-refractivity contribution in [2.24, 2.45) is 5.41 Å². The second-order valence-electron chi connectivity index (χ2n) is 12.1. The summed E-state index contributed by atoms with van der Waals surface area (Å²) >= 11 is 8.21. The largest absolute Gasteiger partial charge is 0.444 e. The maximum absolute atomic E-state index is 12.7. The molecule has 3 fully saturated rings. The van der Waals surface area contributed by atoms with E-state index in [2.05, 4.69) is 25.1 Å². The van der Waals surface area contributed by atoms with Crippen LogP contribution >= 0.6 is 23.4 Å². The maximum atomic E-state index is 12.7. The van der Waals surface area contributed by atoms with Crippen LogP contribution in [0.1, 0.15) is 47.0 Å². The Labute approximate surface area is 256 Å².